The van der Waals surface area contributed by atoms with Gasteiger partial charge in [-0.05, 0) is 49.9 Å². The van der Waals surface area contributed by atoms with Crippen LogP contribution < -0.4 is 0 Å². The average molecular weight is 307 g/mol. The highest BCUT2D eigenvalue weighted by atomic mass is 35.5. The van der Waals surface area contributed by atoms with Gasteiger partial charge in [0.05, 0.1) is 6.42 Å². The monoisotopic (exact) mass is 306 g/mol. The Kier molecular flexibility index (Phi) is 4.91. The second kappa shape index (κ2) is 6.68. The normalized spacial score (nSPS) is 14.9. The third kappa shape index (κ3) is 3.79. The molecule has 0 bridgehead atoms. The van der Waals surface area contributed by atoms with Gasteiger partial charge in [0.2, 0.25) is 0 Å². The SMILES string of the molecule is O=C(O)C1=C(C(=O)CC(=O)c2ccc(Cl)cc2)CCCC1. The predicted octanol–water partition coefficient (Wildman–Crippen LogP) is 3.44. The molecule has 0 amide bonds. The van der Waals surface area contributed by atoms with Crippen molar-refractivity contribution in [1.29, 1.82) is 0 Å². The Balaban J connectivity index is 2.15. The van der Waals surface area contributed by atoms with Crippen LogP contribution >= 0.6 is 11.6 Å². The summed E-state index contributed by atoms with van der Waals surface area (Å²) in [5.41, 5.74) is 0.868. The molecule has 0 fully saturated rings. The van der Waals surface area contributed by atoms with E-state index in [1.807, 2.05) is 0 Å². The third-order valence-corrected chi connectivity index (χ3v) is 3.80. The summed E-state index contributed by atoms with van der Waals surface area (Å²) < 4.78 is 0. The van der Waals surface area contributed by atoms with E-state index in [0.717, 1.165) is 12.8 Å². The van der Waals surface area contributed by atoms with Gasteiger partial charge in [-0.2, -0.15) is 0 Å². The number of carboxylic acid groups (broad SMARTS) is 1. The number of Topliss-reactive ketones (excluding diaryl/α,β-unsaturated/α-hetero) is 2. The number of carboxylic acids is 1. The van der Waals surface area contributed by atoms with E-state index in [0.29, 0.717) is 29.0 Å². The Labute approximate surface area is 127 Å². The van der Waals surface area contributed by atoms with Crippen LogP contribution in [0.3, 0.4) is 0 Å². The van der Waals surface area contributed by atoms with Gasteiger partial charge < -0.3 is 5.11 Å². The molecule has 1 aromatic rings. The minimum Gasteiger partial charge on any atom is -0.478 e. The molecule has 1 aliphatic rings. The van der Waals surface area contributed by atoms with Crippen LogP contribution in [-0.4, -0.2) is 22.6 Å². The number of hydrogen-bond acceptors (Lipinski definition) is 3. The summed E-state index contributed by atoms with van der Waals surface area (Å²) in [6.07, 6.45) is 2.09. The number of hydrogen-bond donors (Lipinski definition) is 1. The third-order valence-electron chi connectivity index (χ3n) is 3.55. The maximum Gasteiger partial charge on any atom is 0.331 e. The van der Waals surface area contributed by atoms with Crippen molar-refractivity contribution in [3.05, 3.63) is 46.0 Å². The second-order valence-electron chi connectivity index (χ2n) is 5.00. The molecule has 0 spiro atoms. The number of allylic oxidation sites excluding steroid dienone is 1. The fourth-order valence-corrected chi connectivity index (χ4v) is 2.57. The van der Waals surface area contributed by atoms with Crippen molar-refractivity contribution in [2.75, 3.05) is 0 Å². The fraction of sp³-hybridized carbons (Fsp3) is 0.312. The van der Waals surface area contributed by atoms with Gasteiger partial charge in [0.15, 0.2) is 11.6 Å². The van der Waals surface area contributed by atoms with Gasteiger partial charge in [-0.25, -0.2) is 4.79 Å². The zero-order chi connectivity index (χ0) is 15.4. The molecule has 1 N–H and O–H groups in total. The summed E-state index contributed by atoms with van der Waals surface area (Å²) in [5.74, 6) is -1.76. The van der Waals surface area contributed by atoms with Crippen molar-refractivity contribution < 1.29 is 19.5 Å². The van der Waals surface area contributed by atoms with E-state index in [4.69, 9.17) is 16.7 Å². The summed E-state index contributed by atoms with van der Waals surface area (Å²) in [4.78, 5) is 35.4. The van der Waals surface area contributed by atoms with E-state index < -0.39 is 5.97 Å². The van der Waals surface area contributed by atoms with Crippen LogP contribution in [-0.2, 0) is 9.59 Å². The summed E-state index contributed by atoms with van der Waals surface area (Å²) in [5, 5.41) is 9.64. The molecule has 0 atom stereocenters. The van der Waals surface area contributed by atoms with Gasteiger partial charge in [-0.3, -0.25) is 9.59 Å². The molecule has 5 heteroatoms. The Morgan fingerprint density at radius 3 is 2.10 bits per heavy atom. The first kappa shape index (κ1) is 15.4. The molecule has 1 aliphatic carbocycles. The molecular formula is C16H15ClO4. The lowest BCUT2D eigenvalue weighted by atomic mass is 9.87. The second-order valence-corrected chi connectivity index (χ2v) is 5.44. The van der Waals surface area contributed by atoms with Gasteiger partial charge in [0, 0.05) is 21.7 Å². The molecule has 0 saturated heterocycles. The molecule has 2 rings (SSSR count). The number of aliphatic carboxylic acids is 1. The molecule has 0 radical (unpaired) electrons. The molecule has 1 aromatic carbocycles. The smallest absolute Gasteiger partial charge is 0.331 e. The van der Waals surface area contributed by atoms with Gasteiger partial charge in [-0.15, -0.1) is 0 Å². The predicted molar refractivity (Wildman–Crippen MR) is 78.5 cm³/mol. The van der Waals surface area contributed by atoms with Crippen molar-refractivity contribution in [3.63, 3.8) is 0 Å². The van der Waals surface area contributed by atoms with Gasteiger partial charge in [0.25, 0.3) is 0 Å². The average Bonchev–Trinajstić information content (AvgIpc) is 2.47. The maximum absolute atomic E-state index is 12.2. The zero-order valence-electron chi connectivity index (χ0n) is 11.4. The van der Waals surface area contributed by atoms with E-state index in [9.17, 15) is 14.4 Å². The summed E-state index contributed by atoms with van der Waals surface area (Å²) >= 11 is 5.75. The van der Waals surface area contributed by atoms with Crippen LogP contribution in [0.5, 0.6) is 0 Å². The first-order valence-electron chi connectivity index (χ1n) is 6.76. The van der Waals surface area contributed by atoms with Crippen LogP contribution in [0.25, 0.3) is 0 Å². The first-order valence-corrected chi connectivity index (χ1v) is 7.14. The van der Waals surface area contributed by atoms with E-state index in [1.54, 1.807) is 24.3 Å². The van der Waals surface area contributed by atoms with Crippen molar-refractivity contribution >= 4 is 29.1 Å². The number of benzene rings is 1. The molecule has 110 valence electrons. The molecule has 0 unspecified atom stereocenters. The highest BCUT2D eigenvalue weighted by Crippen LogP contribution is 2.26. The zero-order valence-corrected chi connectivity index (χ0v) is 12.2. The van der Waals surface area contributed by atoms with E-state index in [2.05, 4.69) is 0 Å². The van der Waals surface area contributed by atoms with E-state index in [-0.39, 0.29) is 23.6 Å². The Morgan fingerprint density at radius 2 is 1.52 bits per heavy atom. The van der Waals surface area contributed by atoms with Gasteiger partial charge in [-0.1, -0.05) is 11.6 Å². The number of rotatable bonds is 5. The Bertz CT molecular complexity index is 614. The number of carbonyl (C=O) groups is 3. The lowest BCUT2D eigenvalue weighted by Gasteiger charge is -2.16. The highest BCUT2D eigenvalue weighted by molar-refractivity contribution is 6.30. The van der Waals surface area contributed by atoms with E-state index in [1.165, 1.54) is 0 Å². The van der Waals surface area contributed by atoms with Crippen LogP contribution in [0.2, 0.25) is 5.02 Å². The minimum absolute atomic E-state index is 0.162. The molecule has 0 aliphatic heterocycles. The Hall–Kier alpha value is -1.94. The summed E-state index contributed by atoms with van der Waals surface area (Å²) in [6.45, 7) is 0. The standard InChI is InChI=1S/C16H15ClO4/c17-11-7-5-10(6-8-11)14(18)9-15(19)12-3-1-2-4-13(12)16(20)21/h5-8H,1-4,9H2,(H,20,21). The molecule has 0 heterocycles. The number of ketones is 2. The summed E-state index contributed by atoms with van der Waals surface area (Å²) in [6, 6.07) is 6.29. The van der Waals surface area contributed by atoms with Crippen LogP contribution in [0.1, 0.15) is 42.5 Å². The van der Waals surface area contributed by atoms with Crippen LogP contribution in [0.15, 0.2) is 35.4 Å². The molecular weight excluding hydrogens is 292 g/mol. The van der Waals surface area contributed by atoms with E-state index >= 15 is 0 Å². The number of halogens is 1. The van der Waals surface area contributed by atoms with Crippen LogP contribution in [0, 0.1) is 0 Å². The van der Waals surface area contributed by atoms with Gasteiger partial charge in [0.1, 0.15) is 0 Å². The summed E-state index contributed by atoms with van der Waals surface area (Å²) in [7, 11) is 0. The largest absolute Gasteiger partial charge is 0.478 e. The van der Waals surface area contributed by atoms with Crippen molar-refractivity contribution in [1.82, 2.24) is 0 Å². The van der Waals surface area contributed by atoms with Crippen molar-refractivity contribution in [2.45, 2.75) is 32.1 Å². The van der Waals surface area contributed by atoms with Crippen molar-refractivity contribution in [3.8, 4) is 0 Å². The number of carbonyl (C=O) groups excluding carboxylic acids is 2. The van der Waals surface area contributed by atoms with Gasteiger partial charge >= 0.3 is 5.97 Å². The molecule has 4 nitrogen and oxygen atoms in total. The maximum atomic E-state index is 12.2. The topological polar surface area (TPSA) is 71.4 Å². The first-order chi connectivity index (χ1) is 9.99. The lowest BCUT2D eigenvalue weighted by molar-refractivity contribution is -0.133. The lowest BCUT2D eigenvalue weighted by Crippen LogP contribution is -2.18. The Morgan fingerprint density at radius 1 is 0.952 bits per heavy atom. The van der Waals surface area contributed by atoms with Crippen molar-refractivity contribution in [2.24, 2.45) is 0 Å². The minimum atomic E-state index is -1.06. The fourth-order valence-electron chi connectivity index (χ4n) is 2.44. The quantitative estimate of drug-likeness (QED) is 0.668. The molecule has 0 aromatic heterocycles. The van der Waals surface area contributed by atoms with Crippen LogP contribution in [0.4, 0.5) is 0 Å². The molecule has 0 saturated carbocycles. The highest BCUT2D eigenvalue weighted by Gasteiger charge is 2.25. The molecule has 21 heavy (non-hydrogen) atoms.